The second kappa shape index (κ2) is 7.95. The fourth-order valence-corrected chi connectivity index (χ4v) is 3.06. The van der Waals surface area contributed by atoms with E-state index in [2.05, 4.69) is 61.6 Å². The van der Waals surface area contributed by atoms with Crippen LogP contribution in [0.1, 0.15) is 49.4 Å². The van der Waals surface area contributed by atoms with E-state index in [1.54, 1.807) is 7.05 Å². The van der Waals surface area contributed by atoms with E-state index in [1.165, 1.54) is 24.8 Å². The van der Waals surface area contributed by atoms with Gasteiger partial charge in [0.05, 0.1) is 12.6 Å². The van der Waals surface area contributed by atoms with Crippen molar-refractivity contribution in [3.63, 3.8) is 0 Å². The van der Waals surface area contributed by atoms with Gasteiger partial charge in [0.2, 0.25) is 0 Å². The van der Waals surface area contributed by atoms with E-state index in [-0.39, 0.29) is 6.04 Å². The highest BCUT2D eigenvalue weighted by atomic mass is 15.3. The van der Waals surface area contributed by atoms with E-state index < -0.39 is 0 Å². The van der Waals surface area contributed by atoms with Crippen LogP contribution in [0.15, 0.2) is 35.3 Å². The minimum Gasteiger partial charge on any atom is -0.350 e. The quantitative estimate of drug-likeness (QED) is 0.669. The molecule has 0 spiro atoms. The van der Waals surface area contributed by atoms with Gasteiger partial charge in [-0.2, -0.15) is 0 Å². The molecular formula is C18H26N6. The van der Waals surface area contributed by atoms with Crippen molar-refractivity contribution >= 4 is 5.96 Å². The molecule has 0 aliphatic carbocycles. The Morgan fingerprint density at radius 3 is 2.83 bits per heavy atom. The molecule has 1 aromatic carbocycles. The summed E-state index contributed by atoms with van der Waals surface area (Å²) in [5, 5.41) is 15.5. The van der Waals surface area contributed by atoms with Crippen LogP contribution in [-0.2, 0) is 19.5 Å². The molecule has 0 radical (unpaired) electrons. The monoisotopic (exact) mass is 326 g/mol. The van der Waals surface area contributed by atoms with Crippen molar-refractivity contribution in [2.24, 2.45) is 4.99 Å². The predicted molar refractivity (Wildman–Crippen MR) is 95.8 cm³/mol. The minimum absolute atomic E-state index is 0.188. The average Bonchev–Trinajstić information content (AvgIpc) is 2.85. The number of hydrogen-bond donors (Lipinski definition) is 2. The molecule has 1 unspecified atom stereocenters. The molecule has 6 nitrogen and oxygen atoms in total. The van der Waals surface area contributed by atoms with Gasteiger partial charge < -0.3 is 15.2 Å². The summed E-state index contributed by atoms with van der Waals surface area (Å²) in [6.07, 6.45) is 4.72. The summed E-state index contributed by atoms with van der Waals surface area (Å²) in [6.45, 7) is 3.78. The number of aromatic nitrogens is 3. The summed E-state index contributed by atoms with van der Waals surface area (Å²) in [5.41, 5.74) is 1.23. The molecule has 6 heteroatoms. The van der Waals surface area contributed by atoms with Crippen LogP contribution in [0.5, 0.6) is 0 Å². The van der Waals surface area contributed by atoms with Crippen molar-refractivity contribution in [1.29, 1.82) is 0 Å². The Balaban J connectivity index is 1.60. The number of hydrogen-bond acceptors (Lipinski definition) is 3. The van der Waals surface area contributed by atoms with Crippen LogP contribution < -0.4 is 10.6 Å². The summed E-state index contributed by atoms with van der Waals surface area (Å²) in [5.74, 6) is 2.88. The Morgan fingerprint density at radius 2 is 2.04 bits per heavy atom. The number of nitrogens with one attached hydrogen (secondary N) is 2. The lowest BCUT2D eigenvalue weighted by molar-refractivity contribution is 0.594. The van der Waals surface area contributed by atoms with Gasteiger partial charge in [-0.25, -0.2) is 0 Å². The van der Waals surface area contributed by atoms with Crippen LogP contribution in [0.25, 0.3) is 0 Å². The molecule has 24 heavy (non-hydrogen) atoms. The van der Waals surface area contributed by atoms with Crippen molar-refractivity contribution < 1.29 is 0 Å². The SMILES string of the molecule is CN=C(NCc1nnc2n1CCCCC2)NC(C)c1ccccc1. The van der Waals surface area contributed by atoms with Crippen LogP contribution in [0.2, 0.25) is 0 Å². The van der Waals surface area contributed by atoms with E-state index >= 15 is 0 Å². The summed E-state index contributed by atoms with van der Waals surface area (Å²) in [6, 6.07) is 10.5. The third-order valence-electron chi connectivity index (χ3n) is 4.48. The molecule has 1 aliphatic rings. The topological polar surface area (TPSA) is 67.1 Å². The van der Waals surface area contributed by atoms with E-state index in [9.17, 15) is 0 Å². The average molecular weight is 326 g/mol. The van der Waals surface area contributed by atoms with Gasteiger partial charge in [-0.05, 0) is 25.3 Å². The number of guanidine groups is 1. The zero-order valence-electron chi connectivity index (χ0n) is 14.5. The van der Waals surface area contributed by atoms with Crippen molar-refractivity contribution in [3.8, 4) is 0 Å². The van der Waals surface area contributed by atoms with Gasteiger partial charge in [0, 0.05) is 20.0 Å². The molecule has 2 aromatic rings. The first-order valence-corrected chi connectivity index (χ1v) is 8.71. The maximum absolute atomic E-state index is 4.35. The lowest BCUT2D eigenvalue weighted by Crippen LogP contribution is -2.38. The Morgan fingerprint density at radius 1 is 1.21 bits per heavy atom. The third kappa shape index (κ3) is 3.93. The summed E-state index contributed by atoms with van der Waals surface area (Å²) in [7, 11) is 1.79. The maximum atomic E-state index is 4.35. The Kier molecular flexibility index (Phi) is 5.46. The third-order valence-corrected chi connectivity index (χ3v) is 4.48. The number of benzene rings is 1. The van der Waals surface area contributed by atoms with Gasteiger partial charge in [0.25, 0.3) is 0 Å². The number of fused-ring (bicyclic) bond motifs is 1. The van der Waals surface area contributed by atoms with Crippen LogP contribution in [0.3, 0.4) is 0 Å². The van der Waals surface area contributed by atoms with Gasteiger partial charge >= 0.3 is 0 Å². The van der Waals surface area contributed by atoms with E-state index in [4.69, 9.17) is 0 Å². The molecule has 0 amide bonds. The predicted octanol–water partition coefficient (Wildman–Crippen LogP) is 2.43. The number of aliphatic imine (C=N–C) groups is 1. The molecule has 0 fully saturated rings. The molecule has 0 saturated heterocycles. The van der Waals surface area contributed by atoms with Crippen molar-refractivity contribution in [2.75, 3.05) is 7.05 Å². The van der Waals surface area contributed by atoms with Crippen LogP contribution >= 0.6 is 0 Å². The van der Waals surface area contributed by atoms with Gasteiger partial charge in [0.15, 0.2) is 11.8 Å². The first-order valence-electron chi connectivity index (χ1n) is 8.71. The van der Waals surface area contributed by atoms with Crippen LogP contribution in [0, 0.1) is 0 Å². The number of aryl methyl sites for hydroxylation is 1. The molecule has 1 aliphatic heterocycles. The standard InChI is InChI=1S/C18H26N6/c1-14(15-9-5-3-6-10-15)21-18(19-2)20-13-17-23-22-16-11-7-4-8-12-24(16)17/h3,5-6,9-10,14H,4,7-8,11-13H2,1-2H3,(H2,19,20,21). The minimum atomic E-state index is 0.188. The van der Waals surface area contributed by atoms with Gasteiger partial charge in [0.1, 0.15) is 5.82 Å². The molecule has 2 heterocycles. The molecule has 128 valence electrons. The largest absolute Gasteiger partial charge is 0.350 e. The van der Waals surface area contributed by atoms with Crippen molar-refractivity contribution in [3.05, 3.63) is 47.5 Å². The second-order valence-corrected chi connectivity index (χ2v) is 6.20. The molecule has 2 N–H and O–H groups in total. The lowest BCUT2D eigenvalue weighted by atomic mass is 10.1. The normalized spacial score (nSPS) is 16.2. The Labute approximate surface area is 143 Å². The first-order chi connectivity index (χ1) is 11.8. The smallest absolute Gasteiger partial charge is 0.191 e. The second-order valence-electron chi connectivity index (χ2n) is 6.20. The summed E-state index contributed by atoms with van der Waals surface area (Å²) < 4.78 is 2.26. The van der Waals surface area contributed by atoms with Gasteiger partial charge in [-0.3, -0.25) is 4.99 Å². The fraction of sp³-hybridized carbons (Fsp3) is 0.500. The first kappa shape index (κ1) is 16.5. The van der Waals surface area contributed by atoms with Crippen LogP contribution in [0.4, 0.5) is 0 Å². The zero-order valence-corrected chi connectivity index (χ0v) is 14.5. The maximum Gasteiger partial charge on any atom is 0.191 e. The van der Waals surface area contributed by atoms with E-state index in [0.717, 1.165) is 30.6 Å². The Bertz CT molecular complexity index is 676. The zero-order chi connectivity index (χ0) is 16.8. The van der Waals surface area contributed by atoms with Gasteiger partial charge in [-0.1, -0.05) is 36.8 Å². The highest BCUT2D eigenvalue weighted by Crippen LogP contribution is 2.14. The lowest BCUT2D eigenvalue weighted by Gasteiger charge is -2.18. The number of rotatable bonds is 4. The van der Waals surface area contributed by atoms with E-state index in [0.29, 0.717) is 6.54 Å². The summed E-state index contributed by atoms with van der Waals surface area (Å²) in [4.78, 5) is 4.32. The highest BCUT2D eigenvalue weighted by molar-refractivity contribution is 5.80. The fourth-order valence-electron chi connectivity index (χ4n) is 3.06. The highest BCUT2D eigenvalue weighted by Gasteiger charge is 2.15. The molecule has 1 aromatic heterocycles. The molecular weight excluding hydrogens is 300 g/mol. The van der Waals surface area contributed by atoms with Crippen molar-refractivity contribution in [1.82, 2.24) is 25.4 Å². The summed E-state index contributed by atoms with van der Waals surface area (Å²) >= 11 is 0. The molecule has 3 rings (SSSR count). The molecule has 0 saturated carbocycles. The van der Waals surface area contributed by atoms with Crippen molar-refractivity contribution in [2.45, 2.75) is 51.7 Å². The number of nitrogens with zero attached hydrogens (tertiary/aromatic N) is 4. The molecule has 1 atom stereocenters. The molecule has 0 bridgehead atoms. The Hall–Kier alpha value is -2.37. The van der Waals surface area contributed by atoms with E-state index in [1.807, 2.05) is 6.07 Å². The van der Waals surface area contributed by atoms with Gasteiger partial charge in [-0.15, -0.1) is 10.2 Å². The van der Waals surface area contributed by atoms with Crippen LogP contribution in [-0.4, -0.2) is 27.8 Å².